The molecule has 3 rings (SSSR count). The zero-order valence-corrected chi connectivity index (χ0v) is 17.6. The Morgan fingerprint density at radius 1 is 1.14 bits per heavy atom. The molecule has 1 atom stereocenters. The number of anilines is 1. The van der Waals surface area contributed by atoms with Crippen molar-refractivity contribution in [1.29, 1.82) is 0 Å². The van der Waals surface area contributed by atoms with Crippen molar-refractivity contribution in [1.82, 2.24) is 5.32 Å². The number of amides is 1. The van der Waals surface area contributed by atoms with E-state index in [2.05, 4.69) is 10.0 Å². The summed E-state index contributed by atoms with van der Waals surface area (Å²) in [6.45, 7) is 3.54. The molecule has 1 aromatic heterocycles. The quantitative estimate of drug-likeness (QED) is 0.559. The van der Waals surface area contributed by atoms with Gasteiger partial charge in [0.15, 0.2) is 0 Å². The molecule has 1 heterocycles. The molecule has 3 aromatic rings. The van der Waals surface area contributed by atoms with Crippen LogP contribution in [0.15, 0.2) is 64.9 Å². The first kappa shape index (κ1) is 21.0. The zero-order valence-electron chi connectivity index (χ0n) is 16.0. The van der Waals surface area contributed by atoms with Crippen LogP contribution in [0, 0.1) is 12.7 Å². The molecule has 152 valence electrons. The lowest BCUT2D eigenvalue weighted by atomic mass is 10.1. The minimum absolute atomic E-state index is 0.113. The van der Waals surface area contributed by atoms with Crippen molar-refractivity contribution in [2.75, 3.05) is 4.72 Å². The molecular formula is C21H21FN2O3S2. The Labute approximate surface area is 173 Å². The molecule has 0 radical (unpaired) electrons. The fourth-order valence-electron chi connectivity index (χ4n) is 2.78. The second-order valence-corrected chi connectivity index (χ2v) is 9.21. The molecule has 1 amide bonds. The number of carbonyl (C=O) groups excluding carboxylic acids is 1. The number of benzene rings is 2. The lowest BCUT2D eigenvalue weighted by molar-refractivity contribution is 0.0936. The third-order valence-electron chi connectivity index (χ3n) is 4.43. The van der Waals surface area contributed by atoms with Gasteiger partial charge in [-0.2, -0.15) is 0 Å². The molecule has 0 bridgehead atoms. The first-order valence-corrected chi connectivity index (χ1v) is 11.4. The number of thiophene rings is 1. The zero-order chi connectivity index (χ0) is 21.0. The fourth-order valence-corrected chi connectivity index (χ4v) is 4.71. The van der Waals surface area contributed by atoms with Crippen LogP contribution in [0.3, 0.4) is 0 Å². The Morgan fingerprint density at radius 3 is 2.59 bits per heavy atom. The van der Waals surface area contributed by atoms with E-state index in [-0.39, 0.29) is 22.5 Å². The van der Waals surface area contributed by atoms with Gasteiger partial charge in [-0.05, 0) is 60.7 Å². The van der Waals surface area contributed by atoms with E-state index >= 15 is 0 Å². The van der Waals surface area contributed by atoms with Gasteiger partial charge in [0.2, 0.25) is 0 Å². The second-order valence-electron chi connectivity index (χ2n) is 6.55. The number of aryl methyl sites for hydroxylation is 1. The maximum Gasteiger partial charge on any atom is 0.261 e. The largest absolute Gasteiger partial charge is 0.344 e. The van der Waals surface area contributed by atoms with Crippen molar-refractivity contribution >= 4 is 33.0 Å². The van der Waals surface area contributed by atoms with Gasteiger partial charge in [0.05, 0.1) is 10.9 Å². The van der Waals surface area contributed by atoms with E-state index in [4.69, 9.17) is 0 Å². The molecule has 0 fully saturated rings. The maximum atomic E-state index is 13.7. The summed E-state index contributed by atoms with van der Waals surface area (Å²) < 4.78 is 41.2. The molecule has 0 spiro atoms. The van der Waals surface area contributed by atoms with Crippen molar-refractivity contribution in [2.45, 2.75) is 31.2 Å². The molecule has 5 nitrogen and oxygen atoms in total. The van der Waals surface area contributed by atoms with Crippen LogP contribution in [0.2, 0.25) is 0 Å². The van der Waals surface area contributed by atoms with Gasteiger partial charge in [0.25, 0.3) is 15.9 Å². The minimum Gasteiger partial charge on any atom is -0.344 e. The SMILES string of the molecule is CCC(NC(=O)c1cccc(NS(=O)(=O)c2ccc(C)c(F)c2)c1)c1cccs1. The summed E-state index contributed by atoms with van der Waals surface area (Å²) in [6, 6.07) is 13.7. The van der Waals surface area contributed by atoms with Crippen LogP contribution in [0.4, 0.5) is 10.1 Å². The highest BCUT2D eigenvalue weighted by Crippen LogP contribution is 2.23. The smallest absolute Gasteiger partial charge is 0.261 e. The van der Waals surface area contributed by atoms with E-state index in [0.717, 1.165) is 17.4 Å². The third-order valence-corrected chi connectivity index (χ3v) is 6.80. The number of hydrogen-bond donors (Lipinski definition) is 2. The first-order chi connectivity index (χ1) is 13.8. The highest BCUT2D eigenvalue weighted by Gasteiger charge is 2.18. The van der Waals surface area contributed by atoms with Crippen molar-refractivity contribution in [3.63, 3.8) is 0 Å². The van der Waals surface area contributed by atoms with Gasteiger partial charge >= 0.3 is 0 Å². The van der Waals surface area contributed by atoms with Crippen molar-refractivity contribution < 1.29 is 17.6 Å². The van der Waals surface area contributed by atoms with Gasteiger partial charge in [-0.25, -0.2) is 12.8 Å². The average Bonchev–Trinajstić information content (AvgIpc) is 3.22. The summed E-state index contributed by atoms with van der Waals surface area (Å²) in [7, 11) is -3.98. The molecule has 0 aliphatic carbocycles. The normalized spacial score (nSPS) is 12.4. The summed E-state index contributed by atoms with van der Waals surface area (Å²) in [5.41, 5.74) is 0.914. The van der Waals surface area contributed by atoms with Gasteiger partial charge in [0.1, 0.15) is 5.82 Å². The number of sulfonamides is 1. The third kappa shape index (κ3) is 5.02. The topological polar surface area (TPSA) is 75.3 Å². The Balaban J connectivity index is 1.78. The molecular weight excluding hydrogens is 411 g/mol. The molecule has 0 saturated carbocycles. The van der Waals surface area contributed by atoms with Crippen LogP contribution in [-0.4, -0.2) is 14.3 Å². The number of rotatable bonds is 7. The van der Waals surface area contributed by atoms with Crippen LogP contribution >= 0.6 is 11.3 Å². The van der Waals surface area contributed by atoms with E-state index in [0.29, 0.717) is 11.1 Å². The lowest BCUT2D eigenvalue weighted by Crippen LogP contribution is -2.27. The predicted octanol–water partition coefficient (Wildman–Crippen LogP) is 4.88. The molecule has 29 heavy (non-hydrogen) atoms. The van der Waals surface area contributed by atoms with Crippen LogP contribution in [-0.2, 0) is 10.0 Å². The Hall–Kier alpha value is -2.71. The minimum atomic E-state index is -3.98. The Bertz CT molecular complexity index is 1110. The van der Waals surface area contributed by atoms with E-state index < -0.39 is 15.8 Å². The predicted molar refractivity (Wildman–Crippen MR) is 113 cm³/mol. The van der Waals surface area contributed by atoms with E-state index in [9.17, 15) is 17.6 Å². The van der Waals surface area contributed by atoms with Crippen molar-refractivity contribution in [2.24, 2.45) is 0 Å². The van der Waals surface area contributed by atoms with Gasteiger partial charge in [0, 0.05) is 16.1 Å². The Morgan fingerprint density at radius 2 is 1.93 bits per heavy atom. The number of halogens is 1. The van der Waals surface area contributed by atoms with Crippen LogP contribution < -0.4 is 10.0 Å². The number of carbonyl (C=O) groups is 1. The Kier molecular flexibility index (Phi) is 6.34. The van der Waals surface area contributed by atoms with Gasteiger partial charge < -0.3 is 5.32 Å². The van der Waals surface area contributed by atoms with Crippen molar-refractivity contribution in [3.8, 4) is 0 Å². The van der Waals surface area contributed by atoms with Gasteiger partial charge in [-0.3, -0.25) is 9.52 Å². The number of nitrogens with one attached hydrogen (secondary N) is 2. The highest BCUT2D eigenvalue weighted by molar-refractivity contribution is 7.92. The van der Waals surface area contributed by atoms with Crippen molar-refractivity contribution in [3.05, 3.63) is 81.8 Å². The maximum absolute atomic E-state index is 13.7. The van der Waals surface area contributed by atoms with E-state index in [1.54, 1.807) is 30.4 Å². The molecule has 0 aliphatic heterocycles. The monoisotopic (exact) mass is 432 g/mol. The molecule has 2 N–H and O–H groups in total. The fraction of sp³-hybridized carbons (Fsp3) is 0.190. The van der Waals surface area contributed by atoms with E-state index in [1.165, 1.54) is 24.3 Å². The molecule has 0 saturated heterocycles. The second kappa shape index (κ2) is 8.75. The molecule has 2 aromatic carbocycles. The molecule has 1 unspecified atom stereocenters. The number of hydrogen-bond acceptors (Lipinski definition) is 4. The van der Waals surface area contributed by atoms with Crippen LogP contribution in [0.25, 0.3) is 0 Å². The highest BCUT2D eigenvalue weighted by atomic mass is 32.2. The lowest BCUT2D eigenvalue weighted by Gasteiger charge is -2.16. The standard InChI is InChI=1S/C21H21FN2O3S2/c1-3-19(20-8-5-11-28-20)23-21(25)15-6-4-7-16(12-15)24-29(26,27)17-10-9-14(2)18(22)13-17/h4-13,19,24H,3H2,1-2H3,(H,23,25). The van der Waals surface area contributed by atoms with Crippen LogP contribution in [0.5, 0.6) is 0 Å². The summed E-state index contributed by atoms with van der Waals surface area (Å²) in [5.74, 6) is -0.895. The summed E-state index contributed by atoms with van der Waals surface area (Å²) in [6.07, 6.45) is 0.734. The average molecular weight is 433 g/mol. The van der Waals surface area contributed by atoms with Gasteiger partial charge in [-0.1, -0.05) is 25.1 Å². The summed E-state index contributed by atoms with van der Waals surface area (Å²) in [5, 5.41) is 4.92. The summed E-state index contributed by atoms with van der Waals surface area (Å²) >= 11 is 1.57. The van der Waals surface area contributed by atoms with Crippen LogP contribution in [0.1, 0.15) is 40.2 Å². The first-order valence-electron chi connectivity index (χ1n) is 9.03. The van der Waals surface area contributed by atoms with E-state index in [1.807, 2.05) is 24.4 Å². The van der Waals surface area contributed by atoms with Gasteiger partial charge in [-0.15, -0.1) is 11.3 Å². The molecule has 8 heteroatoms. The molecule has 0 aliphatic rings. The summed E-state index contributed by atoms with van der Waals surface area (Å²) in [4.78, 5) is 13.5.